The normalized spacial score (nSPS) is 32.1. The molecule has 0 amide bonds. The van der Waals surface area contributed by atoms with E-state index in [0.29, 0.717) is 0 Å². The molecular formula is C9H19O4P. The van der Waals surface area contributed by atoms with Gasteiger partial charge in [-0.1, -0.05) is 13.8 Å². The minimum atomic E-state index is -3.42. The van der Waals surface area contributed by atoms with Crippen molar-refractivity contribution in [2.75, 3.05) is 6.61 Å². The first-order valence-corrected chi connectivity index (χ1v) is 6.69. The summed E-state index contributed by atoms with van der Waals surface area (Å²) >= 11 is 0. The molecule has 4 nitrogen and oxygen atoms in total. The predicted octanol–water partition coefficient (Wildman–Crippen LogP) is 2.16. The Kier molecular flexibility index (Phi) is 4.14. The van der Waals surface area contributed by atoms with Crippen molar-refractivity contribution in [1.82, 2.24) is 0 Å². The molecule has 1 N–H and O–H groups in total. The highest BCUT2D eigenvalue weighted by Crippen LogP contribution is 2.47. The Balaban J connectivity index is 2.30. The average Bonchev–Trinajstić information content (AvgIpc) is 2.48. The van der Waals surface area contributed by atoms with Crippen molar-refractivity contribution in [3.05, 3.63) is 0 Å². The first-order chi connectivity index (χ1) is 6.42. The van der Waals surface area contributed by atoms with Crippen molar-refractivity contribution in [1.29, 1.82) is 0 Å². The van der Waals surface area contributed by atoms with Crippen LogP contribution in [0.15, 0.2) is 0 Å². The lowest BCUT2D eigenvalue weighted by molar-refractivity contribution is 0.0233. The Morgan fingerprint density at radius 2 is 2.21 bits per heavy atom. The Morgan fingerprint density at radius 1 is 1.57 bits per heavy atom. The first kappa shape index (κ1) is 12.2. The van der Waals surface area contributed by atoms with E-state index in [-0.39, 0.29) is 24.5 Å². The van der Waals surface area contributed by atoms with Crippen LogP contribution in [0.25, 0.3) is 0 Å². The smallest absolute Gasteiger partial charge is 0.330 e. The van der Waals surface area contributed by atoms with Gasteiger partial charge in [0.1, 0.15) is 0 Å². The highest BCUT2D eigenvalue weighted by molar-refractivity contribution is 7.53. The Bertz CT molecular complexity index is 229. The fourth-order valence-corrected chi connectivity index (χ4v) is 2.02. The van der Waals surface area contributed by atoms with E-state index in [0.717, 1.165) is 12.8 Å². The van der Waals surface area contributed by atoms with E-state index in [2.05, 4.69) is 0 Å². The van der Waals surface area contributed by atoms with Gasteiger partial charge in [0.05, 0.1) is 24.5 Å². The number of hydrogen-bond donors (Lipinski definition) is 1. The third-order valence-electron chi connectivity index (χ3n) is 2.42. The van der Waals surface area contributed by atoms with Gasteiger partial charge in [-0.15, -0.1) is 0 Å². The lowest BCUT2D eigenvalue weighted by Gasteiger charge is -2.18. The summed E-state index contributed by atoms with van der Waals surface area (Å²) in [5.41, 5.74) is -0.346. The van der Waals surface area contributed by atoms with Crippen molar-refractivity contribution >= 4 is 7.60 Å². The second-order valence-corrected chi connectivity index (χ2v) is 6.52. The molecule has 0 spiro atoms. The fourth-order valence-electron chi connectivity index (χ4n) is 1.35. The molecule has 2 unspecified atom stereocenters. The van der Waals surface area contributed by atoms with E-state index in [4.69, 9.17) is 9.26 Å². The molecule has 1 saturated heterocycles. The monoisotopic (exact) mass is 222 g/mol. The van der Waals surface area contributed by atoms with Gasteiger partial charge in [-0.25, -0.2) is 0 Å². The van der Waals surface area contributed by atoms with Gasteiger partial charge in [-0.2, -0.15) is 0 Å². The molecule has 0 bridgehead atoms. The van der Waals surface area contributed by atoms with E-state index in [1.54, 1.807) is 13.8 Å². The van der Waals surface area contributed by atoms with Crippen LogP contribution in [0.4, 0.5) is 0 Å². The summed E-state index contributed by atoms with van der Waals surface area (Å²) in [6.07, 6.45) is 2.16. The van der Waals surface area contributed by atoms with Crippen molar-refractivity contribution in [3.8, 4) is 0 Å². The van der Waals surface area contributed by atoms with Crippen molar-refractivity contribution in [3.63, 3.8) is 0 Å². The van der Waals surface area contributed by atoms with Gasteiger partial charge in [0.15, 0.2) is 0 Å². The molecule has 0 aliphatic carbocycles. The van der Waals surface area contributed by atoms with E-state index in [1.807, 2.05) is 6.92 Å². The van der Waals surface area contributed by atoms with Crippen LogP contribution in [0.3, 0.4) is 0 Å². The molecule has 0 radical (unpaired) electrons. The zero-order chi connectivity index (χ0) is 10.8. The Labute approximate surface area is 85.1 Å². The van der Waals surface area contributed by atoms with E-state index < -0.39 is 7.60 Å². The van der Waals surface area contributed by atoms with Crippen molar-refractivity contribution in [2.45, 2.75) is 51.5 Å². The Morgan fingerprint density at radius 3 is 2.64 bits per heavy atom. The van der Waals surface area contributed by atoms with Crippen LogP contribution in [0.5, 0.6) is 0 Å². The van der Waals surface area contributed by atoms with Gasteiger partial charge in [-0.05, 0) is 19.8 Å². The SMILES string of the molecule is CC(C)P(=O)(O)OCC1CC[C@H](C)O1. The highest BCUT2D eigenvalue weighted by Gasteiger charge is 2.28. The molecule has 0 aromatic rings. The number of ether oxygens (including phenoxy) is 1. The standard InChI is InChI=1S/C9H19O4P/c1-7(2)14(10,11)12-6-9-5-4-8(3)13-9/h7-9H,4-6H2,1-3H3,(H,10,11)/t8-,9?/m0/s1. The van der Waals surface area contributed by atoms with Crippen molar-refractivity contribution in [2.24, 2.45) is 0 Å². The molecule has 0 saturated carbocycles. The van der Waals surface area contributed by atoms with Crippen LogP contribution in [0, 0.1) is 0 Å². The lowest BCUT2D eigenvalue weighted by Crippen LogP contribution is -2.16. The van der Waals surface area contributed by atoms with Gasteiger partial charge in [-0.3, -0.25) is 4.57 Å². The molecule has 84 valence electrons. The molecule has 1 rings (SSSR count). The average molecular weight is 222 g/mol. The summed E-state index contributed by atoms with van der Waals surface area (Å²) in [7, 11) is -3.42. The van der Waals surface area contributed by atoms with Crippen LogP contribution in [-0.2, 0) is 13.8 Å². The molecule has 5 heteroatoms. The number of rotatable bonds is 4. The lowest BCUT2D eigenvalue weighted by atomic mass is 10.2. The van der Waals surface area contributed by atoms with E-state index in [1.165, 1.54) is 0 Å². The molecule has 14 heavy (non-hydrogen) atoms. The highest BCUT2D eigenvalue weighted by atomic mass is 31.2. The zero-order valence-electron chi connectivity index (χ0n) is 8.97. The molecule has 1 fully saturated rings. The summed E-state index contributed by atoms with van der Waals surface area (Å²) in [4.78, 5) is 9.40. The Hall–Kier alpha value is 0.110. The molecule has 1 aliphatic heterocycles. The van der Waals surface area contributed by atoms with E-state index in [9.17, 15) is 9.46 Å². The minimum absolute atomic E-state index is 0.00998. The van der Waals surface area contributed by atoms with Gasteiger partial charge in [0.2, 0.25) is 0 Å². The second kappa shape index (κ2) is 4.75. The van der Waals surface area contributed by atoms with E-state index >= 15 is 0 Å². The maximum absolute atomic E-state index is 11.4. The molecule has 0 aromatic carbocycles. The fraction of sp³-hybridized carbons (Fsp3) is 1.00. The molecule has 0 aromatic heterocycles. The largest absolute Gasteiger partial charge is 0.373 e. The topological polar surface area (TPSA) is 55.8 Å². The molecule has 3 atom stereocenters. The second-order valence-electron chi connectivity index (χ2n) is 4.10. The maximum atomic E-state index is 11.4. The third-order valence-corrected chi connectivity index (χ3v) is 4.24. The molecule has 1 heterocycles. The first-order valence-electron chi connectivity index (χ1n) is 5.04. The predicted molar refractivity (Wildman–Crippen MR) is 54.5 cm³/mol. The summed E-state index contributed by atoms with van der Waals surface area (Å²) in [6, 6.07) is 0. The summed E-state index contributed by atoms with van der Waals surface area (Å²) in [6.45, 7) is 5.59. The number of hydrogen-bond acceptors (Lipinski definition) is 3. The summed E-state index contributed by atoms with van der Waals surface area (Å²) in [5, 5.41) is 0. The zero-order valence-corrected chi connectivity index (χ0v) is 9.87. The quantitative estimate of drug-likeness (QED) is 0.740. The minimum Gasteiger partial charge on any atom is -0.373 e. The van der Waals surface area contributed by atoms with Crippen LogP contribution >= 0.6 is 7.60 Å². The molecular weight excluding hydrogens is 203 g/mol. The summed E-state index contributed by atoms with van der Waals surface area (Å²) < 4.78 is 21.9. The van der Waals surface area contributed by atoms with Crippen LogP contribution in [-0.4, -0.2) is 29.4 Å². The van der Waals surface area contributed by atoms with Gasteiger partial charge < -0.3 is 14.2 Å². The maximum Gasteiger partial charge on any atom is 0.330 e. The van der Waals surface area contributed by atoms with Crippen molar-refractivity contribution < 1.29 is 18.7 Å². The molecule has 1 aliphatic rings. The van der Waals surface area contributed by atoms with Crippen LogP contribution in [0.1, 0.15) is 33.6 Å². The van der Waals surface area contributed by atoms with Gasteiger partial charge >= 0.3 is 7.60 Å². The third kappa shape index (κ3) is 3.35. The van der Waals surface area contributed by atoms with Gasteiger partial charge in [0.25, 0.3) is 0 Å². The summed E-state index contributed by atoms with van der Waals surface area (Å²) in [5.74, 6) is 0. The van der Waals surface area contributed by atoms with Crippen LogP contribution < -0.4 is 0 Å². The van der Waals surface area contributed by atoms with Gasteiger partial charge in [0, 0.05) is 0 Å². The van der Waals surface area contributed by atoms with Crippen LogP contribution in [0.2, 0.25) is 0 Å².